The van der Waals surface area contributed by atoms with Crippen molar-refractivity contribution in [2.45, 2.75) is 13.0 Å². The molecule has 148 valence electrons. The molecule has 6 heteroatoms. The summed E-state index contributed by atoms with van der Waals surface area (Å²) in [5, 5.41) is 18.1. The normalized spacial score (nSPS) is 15.5. The Balaban J connectivity index is 1.72. The molecular formula is C24H18ClN3O2. The van der Waals surface area contributed by atoms with E-state index in [1.165, 1.54) is 0 Å². The van der Waals surface area contributed by atoms with Crippen molar-refractivity contribution in [2.24, 2.45) is 0 Å². The molecule has 1 aliphatic rings. The Hall–Kier alpha value is -3.57. The molecule has 3 aromatic carbocycles. The van der Waals surface area contributed by atoms with E-state index in [2.05, 4.69) is 10.2 Å². The molecule has 30 heavy (non-hydrogen) atoms. The second-order valence-electron chi connectivity index (χ2n) is 7.38. The summed E-state index contributed by atoms with van der Waals surface area (Å²) in [6, 6.07) is 21.8. The lowest BCUT2D eigenvalue weighted by molar-refractivity contribution is 0.0988. The van der Waals surface area contributed by atoms with Crippen LogP contribution in [0.2, 0.25) is 5.02 Å². The fraction of sp³-hybridized carbons (Fsp3) is 0.0833. The second kappa shape index (κ2) is 7.04. The molecule has 0 radical (unpaired) electrons. The number of benzene rings is 3. The summed E-state index contributed by atoms with van der Waals surface area (Å²) < 4.78 is 0. The number of nitrogens with zero attached hydrogens (tertiary/aromatic N) is 2. The van der Waals surface area contributed by atoms with E-state index in [1.807, 2.05) is 49.4 Å². The van der Waals surface area contributed by atoms with Crippen molar-refractivity contribution in [3.63, 3.8) is 0 Å². The maximum Gasteiger partial charge on any atom is 0.277 e. The zero-order valence-electron chi connectivity index (χ0n) is 16.1. The molecule has 1 atom stereocenters. The molecule has 0 unspecified atom stereocenters. The van der Waals surface area contributed by atoms with Crippen LogP contribution in [0.4, 0.5) is 5.69 Å². The summed E-state index contributed by atoms with van der Waals surface area (Å²) in [5.74, 6) is -0.0105. The molecule has 0 saturated carbocycles. The van der Waals surface area contributed by atoms with Gasteiger partial charge in [0.15, 0.2) is 0 Å². The Bertz CT molecular complexity index is 1250. The van der Waals surface area contributed by atoms with E-state index in [-0.39, 0.29) is 11.7 Å². The first-order valence-corrected chi connectivity index (χ1v) is 9.94. The van der Waals surface area contributed by atoms with Crippen molar-refractivity contribution in [2.75, 3.05) is 4.90 Å². The quantitative estimate of drug-likeness (QED) is 0.464. The van der Waals surface area contributed by atoms with Crippen LogP contribution < -0.4 is 4.90 Å². The average Bonchev–Trinajstić information content (AvgIpc) is 3.28. The Morgan fingerprint density at radius 2 is 1.77 bits per heavy atom. The lowest BCUT2D eigenvalue weighted by Gasteiger charge is -2.26. The maximum atomic E-state index is 13.4. The van der Waals surface area contributed by atoms with Gasteiger partial charge in [-0.2, -0.15) is 5.10 Å². The van der Waals surface area contributed by atoms with Gasteiger partial charge in [0.2, 0.25) is 0 Å². The minimum Gasteiger partial charge on any atom is -0.508 e. The van der Waals surface area contributed by atoms with Crippen LogP contribution in [0.5, 0.6) is 5.75 Å². The number of hydrogen-bond donors (Lipinski definition) is 2. The standard InChI is InChI=1S/C24H18ClN3O2/c1-14-5-11-18(12-6-14)28-23(16-3-2-4-19(29)13-16)20-21(26-27-22(20)24(28)30)15-7-9-17(25)10-8-15/h2-13,23,29H,1H3,(H,26,27)/t23-/m0/s1. The van der Waals surface area contributed by atoms with Gasteiger partial charge < -0.3 is 5.11 Å². The number of phenols is 1. The summed E-state index contributed by atoms with van der Waals surface area (Å²) in [6.45, 7) is 2.01. The van der Waals surface area contributed by atoms with E-state index in [9.17, 15) is 9.90 Å². The van der Waals surface area contributed by atoms with Gasteiger partial charge >= 0.3 is 0 Å². The van der Waals surface area contributed by atoms with Crippen LogP contribution in [0.15, 0.2) is 72.8 Å². The summed E-state index contributed by atoms with van der Waals surface area (Å²) in [5.41, 5.74) is 5.49. The summed E-state index contributed by atoms with van der Waals surface area (Å²) in [6.07, 6.45) is 0. The number of halogens is 1. The lowest BCUT2D eigenvalue weighted by Crippen LogP contribution is -2.29. The Labute approximate surface area is 178 Å². The minimum atomic E-state index is -0.424. The van der Waals surface area contributed by atoms with Gasteiger partial charge in [0.1, 0.15) is 11.4 Å². The molecular weight excluding hydrogens is 398 g/mol. The van der Waals surface area contributed by atoms with Crippen LogP contribution in [0, 0.1) is 6.92 Å². The van der Waals surface area contributed by atoms with Gasteiger partial charge in [0.25, 0.3) is 5.91 Å². The molecule has 2 N–H and O–H groups in total. The van der Waals surface area contributed by atoms with Gasteiger partial charge in [0, 0.05) is 21.8 Å². The minimum absolute atomic E-state index is 0.147. The van der Waals surface area contributed by atoms with Gasteiger partial charge in [-0.3, -0.25) is 14.8 Å². The van der Waals surface area contributed by atoms with Crippen LogP contribution in [-0.4, -0.2) is 21.2 Å². The second-order valence-corrected chi connectivity index (χ2v) is 7.81. The Kier molecular flexibility index (Phi) is 4.33. The van der Waals surface area contributed by atoms with Gasteiger partial charge in [-0.05, 0) is 48.9 Å². The number of anilines is 1. The SMILES string of the molecule is Cc1ccc(N2C(=O)c3[nH]nc(-c4ccc(Cl)cc4)c3[C@@H]2c2cccc(O)c2)cc1. The number of rotatable bonds is 3. The molecule has 0 bridgehead atoms. The summed E-state index contributed by atoms with van der Waals surface area (Å²) in [4.78, 5) is 15.2. The number of H-pyrrole nitrogens is 1. The van der Waals surface area contributed by atoms with Crippen molar-refractivity contribution in [3.8, 4) is 17.0 Å². The van der Waals surface area contributed by atoms with E-state index in [0.717, 1.165) is 27.9 Å². The van der Waals surface area contributed by atoms with Crippen molar-refractivity contribution < 1.29 is 9.90 Å². The number of fused-ring (bicyclic) bond motifs is 1. The third-order valence-corrected chi connectivity index (χ3v) is 5.64. The first kappa shape index (κ1) is 18.5. The van der Waals surface area contributed by atoms with Crippen LogP contribution in [-0.2, 0) is 0 Å². The van der Waals surface area contributed by atoms with E-state index < -0.39 is 6.04 Å². The first-order valence-electron chi connectivity index (χ1n) is 9.56. The highest BCUT2D eigenvalue weighted by atomic mass is 35.5. The Morgan fingerprint density at radius 1 is 1.03 bits per heavy atom. The van der Waals surface area contributed by atoms with Crippen LogP contribution >= 0.6 is 11.6 Å². The van der Waals surface area contributed by atoms with E-state index in [0.29, 0.717) is 16.4 Å². The molecule has 1 aliphatic heterocycles. The van der Waals surface area contributed by atoms with Gasteiger partial charge in [-0.1, -0.05) is 53.6 Å². The van der Waals surface area contributed by atoms with Gasteiger partial charge in [-0.15, -0.1) is 0 Å². The topological polar surface area (TPSA) is 69.2 Å². The van der Waals surface area contributed by atoms with E-state index >= 15 is 0 Å². The molecule has 4 aromatic rings. The van der Waals surface area contributed by atoms with Crippen LogP contribution in [0.1, 0.15) is 33.2 Å². The largest absolute Gasteiger partial charge is 0.508 e. The van der Waals surface area contributed by atoms with E-state index in [1.54, 1.807) is 35.2 Å². The third-order valence-electron chi connectivity index (χ3n) is 5.38. The lowest BCUT2D eigenvalue weighted by atomic mass is 9.95. The van der Waals surface area contributed by atoms with Crippen LogP contribution in [0.3, 0.4) is 0 Å². The average molecular weight is 416 g/mol. The molecule has 0 spiro atoms. The molecule has 0 saturated heterocycles. The van der Waals surface area contributed by atoms with Crippen molar-refractivity contribution in [3.05, 3.63) is 100 Å². The van der Waals surface area contributed by atoms with Crippen molar-refractivity contribution in [1.29, 1.82) is 0 Å². The fourth-order valence-corrected chi connectivity index (χ4v) is 4.08. The molecule has 2 heterocycles. The molecule has 1 aromatic heterocycles. The first-order chi connectivity index (χ1) is 14.5. The number of aryl methyl sites for hydroxylation is 1. The monoisotopic (exact) mass is 415 g/mol. The van der Waals surface area contributed by atoms with E-state index in [4.69, 9.17) is 11.6 Å². The number of aromatic amines is 1. The molecule has 5 nitrogen and oxygen atoms in total. The number of carbonyl (C=O) groups excluding carboxylic acids is 1. The zero-order chi connectivity index (χ0) is 20.8. The molecule has 1 amide bonds. The zero-order valence-corrected chi connectivity index (χ0v) is 16.9. The molecule has 0 aliphatic carbocycles. The predicted octanol–water partition coefficient (Wildman–Crippen LogP) is 5.49. The number of aromatic hydroxyl groups is 1. The highest BCUT2D eigenvalue weighted by Crippen LogP contribution is 2.45. The van der Waals surface area contributed by atoms with Crippen molar-refractivity contribution >= 4 is 23.2 Å². The van der Waals surface area contributed by atoms with Crippen LogP contribution in [0.25, 0.3) is 11.3 Å². The highest BCUT2D eigenvalue weighted by molar-refractivity contribution is 6.30. The smallest absolute Gasteiger partial charge is 0.277 e. The Morgan fingerprint density at radius 3 is 2.47 bits per heavy atom. The highest BCUT2D eigenvalue weighted by Gasteiger charge is 2.43. The fourth-order valence-electron chi connectivity index (χ4n) is 3.96. The number of carbonyl (C=O) groups is 1. The van der Waals surface area contributed by atoms with Gasteiger partial charge in [0.05, 0.1) is 11.7 Å². The third kappa shape index (κ3) is 2.95. The number of amides is 1. The molecule has 0 fully saturated rings. The number of hydrogen-bond acceptors (Lipinski definition) is 3. The summed E-state index contributed by atoms with van der Waals surface area (Å²) in [7, 11) is 0. The molecule has 5 rings (SSSR count). The number of aromatic nitrogens is 2. The summed E-state index contributed by atoms with van der Waals surface area (Å²) >= 11 is 6.05. The van der Waals surface area contributed by atoms with Crippen molar-refractivity contribution in [1.82, 2.24) is 10.2 Å². The predicted molar refractivity (Wildman–Crippen MR) is 117 cm³/mol. The van der Waals surface area contributed by atoms with Gasteiger partial charge in [-0.25, -0.2) is 0 Å². The maximum absolute atomic E-state index is 13.4. The number of nitrogens with one attached hydrogen (secondary N) is 1. The number of phenolic OH excluding ortho intramolecular Hbond substituents is 1.